The Morgan fingerprint density at radius 1 is 0.378 bits per heavy atom. The molecule has 27 nitrogen and oxygen atoms in total. The first-order valence-electron chi connectivity index (χ1n) is 41.1. The molecule has 0 spiro atoms. The second kappa shape index (κ2) is 39.4. The van der Waals surface area contributed by atoms with Crippen LogP contribution in [0.1, 0.15) is 110 Å². The molecule has 135 heavy (non-hydrogen) atoms. The molecule has 3 amide bonds. The van der Waals surface area contributed by atoms with E-state index in [1.807, 2.05) is 59.8 Å². The van der Waals surface area contributed by atoms with Crippen LogP contribution in [0.25, 0.3) is 83.9 Å². The van der Waals surface area contributed by atoms with Crippen LogP contribution >= 0.6 is 69.6 Å². The van der Waals surface area contributed by atoms with Crippen LogP contribution in [-0.4, -0.2) is 170 Å². The second-order valence-corrected chi connectivity index (χ2v) is 34.4. The van der Waals surface area contributed by atoms with Crippen molar-refractivity contribution in [1.82, 2.24) is 58.3 Å². The lowest BCUT2D eigenvalue weighted by atomic mass is 10.0. The molecule has 0 unspecified atom stereocenters. The van der Waals surface area contributed by atoms with Gasteiger partial charge in [-0.2, -0.15) is 15.8 Å². The van der Waals surface area contributed by atoms with Gasteiger partial charge in [0.1, 0.15) is 66.9 Å². The highest BCUT2D eigenvalue weighted by molar-refractivity contribution is 6.36. The minimum Gasteiger partial charge on any atom is -0.503 e. The van der Waals surface area contributed by atoms with Crippen LogP contribution in [0, 0.1) is 107 Å². The molecule has 3 fully saturated rings. The number of pyridine rings is 9. The van der Waals surface area contributed by atoms with Crippen LogP contribution in [0.4, 0.5) is 56.6 Å². The van der Waals surface area contributed by atoms with Crippen LogP contribution < -0.4 is 31.4 Å². The van der Waals surface area contributed by atoms with Crippen LogP contribution in [0.3, 0.4) is 0 Å². The SMILES string of the molecule is C=CC(=O)N1CCN(c2c(C#N)c(=O)n(-c3c(C)ccnc3C(C)C)c3nc(-c4c(F)c(O)c(F)c(Cl)c4F)c(Cl)cc23)CC1.C=CC(=O)N1CCN(c2c(C#N)c(=O)n(-c3c(C)ccnc3C(C)C)c3nc(-c4c(F)c(O)c(F)c(Cl)c4F)c(Cl)cc23)CC1.C=CC(=O)N1CCN(c2c(C#N)c(=O)n(-c3c(C)ccnc3C(C)C)c3nc(-c4c(F)c(O)c(F)c(Cl)c4F)c(Cl)cc23)CC1. The van der Waals surface area contributed by atoms with Crippen molar-refractivity contribution in [2.45, 2.75) is 80.1 Å². The first kappa shape index (κ1) is 98.7. The Kier molecular flexibility index (Phi) is 28.8. The Labute approximate surface area is 792 Å². The van der Waals surface area contributed by atoms with E-state index in [1.54, 1.807) is 87.0 Å². The molecular formula is C93H75Cl6F9N18O9. The van der Waals surface area contributed by atoms with Gasteiger partial charge in [0.15, 0.2) is 69.6 Å². The molecule has 12 heterocycles. The fourth-order valence-electron chi connectivity index (χ4n) is 16.4. The standard InChI is InChI=1S/3C31H25Cl2F3N6O3/c3*1-5-19(43)40-8-10-41(11-9-40)28-16-12-18(32)26(20-22(34)21(33)24(36)29(44)23(20)35)39-30(16)42(31(45)17(28)13-37)27-15(4)6-7-38-25(27)14(2)3/h3*5-7,12,14,44H,1,8-11H2,2-4H3. The number of amides is 3. The third kappa shape index (κ3) is 17.5. The molecule has 3 aliphatic heterocycles. The summed E-state index contributed by atoms with van der Waals surface area (Å²) in [5, 5.41) is 57.0. The van der Waals surface area contributed by atoms with Crippen molar-refractivity contribution >= 4 is 137 Å². The number of carbonyl (C=O) groups excluding carboxylic acids is 3. The summed E-state index contributed by atoms with van der Waals surface area (Å²) < 4.78 is 138. The lowest BCUT2D eigenvalue weighted by Gasteiger charge is -2.36. The minimum absolute atomic E-state index is 0.144. The average molecular weight is 1970 g/mol. The van der Waals surface area contributed by atoms with E-state index in [1.165, 1.54) is 36.4 Å². The Balaban J connectivity index is 0.000000171. The van der Waals surface area contributed by atoms with E-state index in [0.717, 1.165) is 13.7 Å². The number of aromatic hydroxyl groups is 3. The molecule has 15 rings (SSSR count). The predicted octanol–water partition coefficient (Wildman–Crippen LogP) is 18.0. The number of hydrogen-bond acceptors (Lipinski definition) is 21. The van der Waals surface area contributed by atoms with Gasteiger partial charge in [-0.25, -0.2) is 54.5 Å². The average Bonchev–Trinajstić information content (AvgIpc) is 0.728. The number of halogens is 15. The highest BCUT2D eigenvalue weighted by Crippen LogP contribution is 2.49. The first-order valence-corrected chi connectivity index (χ1v) is 43.4. The highest BCUT2D eigenvalue weighted by atomic mass is 35.5. The van der Waals surface area contributed by atoms with Crippen molar-refractivity contribution in [2.24, 2.45) is 0 Å². The molecular weight excluding hydrogens is 1900 g/mol. The third-order valence-electron chi connectivity index (χ3n) is 23.0. The Hall–Kier alpha value is -13.8. The summed E-state index contributed by atoms with van der Waals surface area (Å²) in [6.45, 7) is 29.7. The number of nitrogens with zero attached hydrogens (tertiary/aromatic N) is 18. The molecule has 0 radical (unpaired) electrons. The van der Waals surface area contributed by atoms with Gasteiger partial charge < -0.3 is 44.7 Å². The minimum atomic E-state index is -1.70. The number of benzene rings is 3. The van der Waals surface area contributed by atoms with Gasteiger partial charge >= 0.3 is 0 Å². The van der Waals surface area contributed by atoms with Gasteiger partial charge in [0.2, 0.25) is 17.7 Å². The molecule has 3 N–H and O–H groups in total. The zero-order valence-electron chi connectivity index (χ0n) is 72.8. The third-order valence-corrected chi connectivity index (χ3v) is 24.9. The van der Waals surface area contributed by atoms with Gasteiger partial charge in [-0.3, -0.25) is 57.4 Å². The number of aromatic nitrogens is 9. The number of rotatable bonds is 15. The maximum absolute atomic E-state index is 15.3. The molecule has 3 aromatic carbocycles. The molecule has 3 saturated heterocycles. The number of carbonyl (C=O) groups is 3. The second-order valence-electron chi connectivity index (χ2n) is 32.0. The number of fused-ring (bicyclic) bond motifs is 3. The number of hydrogen-bond donors (Lipinski definition) is 3. The Morgan fingerprint density at radius 2 is 0.600 bits per heavy atom. The van der Waals surface area contributed by atoms with Crippen LogP contribution in [0.5, 0.6) is 17.2 Å². The monoisotopic (exact) mass is 1970 g/mol. The Morgan fingerprint density at radius 3 is 0.800 bits per heavy atom. The van der Waals surface area contributed by atoms with Crippen molar-refractivity contribution in [3.05, 3.63) is 257 Å². The lowest BCUT2D eigenvalue weighted by Crippen LogP contribution is -2.49. The van der Waals surface area contributed by atoms with E-state index in [-0.39, 0.29) is 196 Å². The maximum Gasteiger partial charge on any atom is 0.276 e. The molecule has 3 aliphatic rings. The van der Waals surface area contributed by atoms with Crippen molar-refractivity contribution in [1.29, 1.82) is 15.8 Å². The quantitative estimate of drug-likeness (QED) is 0.0371. The lowest BCUT2D eigenvalue weighted by molar-refractivity contribution is -0.127. The van der Waals surface area contributed by atoms with Gasteiger partial charge in [-0.05, 0) is 110 Å². The van der Waals surface area contributed by atoms with E-state index in [2.05, 4.69) is 49.6 Å². The van der Waals surface area contributed by atoms with Crippen molar-refractivity contribution in [3.8, 4) is 86.3 Å². The summed E-state index contributed by atoms with van der Waals surface area (Å²) in [5.74, 6) is -21.0. The van der Waals surface area contributed by atoms with E-state index < -0.39 is 135 Å². The summed E-state index contributed by atoms with van der Waals surface area (Å²) in [5.41, 5.74) is -3.76. The molecule has 0 aliphatic carbocycles. The van der Waals surface area contributed by atoms with Gasteiger partial charge in [-0.15, -0.1) is 0 Å². The summed E-state index contributed by atoms with van der Waals surface area (Å²) in [6, 6.07) is 14.9. The normalized spacial score (nSPS) is 13.4. The zero-order chi connectivity index (χ0) is 98.7. The molecule has 42 heteroatoms. The zero-order valence-corrected chi connectivity index (χ0v) is 77.3. The molecule has 0 saturated carbocycles. The molecule has 696 valence electrons. The van der Waals surface area contributed by atoms with Crippen LogP contribution in [-0.2, 0) is 14.4 Å². The van der Waals surface area contributed by atoms with Gasteiger partial charge in [0.05, 0.1) is 100 Å². The number of nitriles is 3. The first-order chi connectivity index (χ1) is 64.0. The fraction of sp³-hybridized carbons (Fsp3) is 0.258. The molecule has 9 aromatic heterocycles. The van der Waals surface area contributed by atoms with Crippen molar-refractivity contribution in [2.75, 3.05) is 93.2 Å². The smallest absolute Gasteiger partial charge is 0.276 e. The van der Waals surface area contributed by atoms with E-state index in [0.29, 0.717) is 50.8 Å². The van der Waals surface area contributed by atoms with Crippen LogP contribution in [0.2, 0.25) is 30.1 Å². The number of phenolic OH excluding ortho intramolecular Hbond substituents is 3. The van der Waals surface area contributed by atoms with Gasteiger partial charge in [0.25, 0.3) is 16.7 Å². The molecule has 0 atom stereocenters. The number of phenols is 3. The molecule has 0 bridgehead atoms. The highest BCUT2D eigenvalue weighted by Gasteiger charge is 2.39. The topological polar surface area (TPSA) is 346 Å². The van der Waals surface area contributed by atoms with E-state index in [9.17, 15) is 73.0 Å². The fourth-order valence-corrected chi connectivity index (χ4v) is 17.7. The van der Waals surface area contributed by atoms with E-state index in [4.69, 9.17) is 69.6 Å². The Bertz CT molecular complexity index is 6650. The van der Waals surface area contributed by atoms with Crippen LogP contribution in [0.15, 0.2) is 107 Å². The number of piperazine rings is 3. The van der Waals surface area contributed by atoms with E-state index >= 15 is 26.3 Å². The van der Waals surface area contributed by atoms with Crippen molar-refractivity contribution < 1.29 is 69.2 Å². The summed E-state index contributed by atoms with van der Waals surface area (Å²) in [7, 11) is 0. The number of anilines is 3. The summed E-state index contributed by atoms with van der Waals surface area (Å²) in [4.78, 5) is 116. The number of aryl methyl sites for hydroxylation is 3. The van der Waals surface area contributed by atoms with Gasteiger partial charge in [-0.1, -0.05) is 131 Å². The van der Waals surface area contributed by atoms with Crippen molar-refractivity contribution in [3.63, 3.8) is 0 Å². The van der Waals surface area contributed by atoms with Gasteiger partial charge in [0, 0.05) is 113 Å². The molecule has 12 aromatic rings. The summed E-state index contributed by atoms with van der Waals surface area (Å²) in [6.07, 6.45) is 8.27. The predicted molar refractivity (Wildman–Crippen MR) is 494 cm³/mol. The summed E-state index contributed by atoms with van der Waals surface area (Å²) >= 11 is 37.0. The maximum atomic E-state index is 15.3. The largest absolute Gasteiger partial charge is 0.503 e.